The molecule has 0 amide bonds. The Labute approximate surface area is 242 Å². The van der Waals surface area contributed by atoms with Crippen LogP contribution >= 0.6 is 0 Å². The molecule has 7 aromatic rings. The number of benzene rings is 6. The van der Waals surface area contributed by atoms with Crippen LogP contribution in [0.4, 0.5) is 0 Å². The summed E-state index contributed by atoms with van der Waals surface area (Å²) >= 11 is 0. The van der Waals surface area contributed by atoms with E-state index in [4.69, 9.17) is 4.42 Å². The van der Waals surface area contributed by atoms with E-state index in [2.05, 4.69) is 145 Å². The molecule has 0 radical (unpaired) electrons. The van der Waals surface area contributed by atoms with Gasteiger partial charge in [-0.1, -0.05) is 120 Å². The first-order chi connectivity index (χ1) is 19.6. The molecular weight excluding hydrogens is 496 g/mol. The quantitative estimate of drug-likeness (QED) is 0.202. The van der Waals surface area contributed by atoms with Gasteiger partial charge in [0.1, 0.15) is 11.2 Å². The predicted octanol–water partition coefficient (Wildman–Crippen LogP) is 11.8. The molecule has 0 spiro atoms. The molecule has 202 valence electrons. The monoisotopic (exact) mass is 532 g/mol. The molecule has 6 aromatic carbocycles. The molecule has 1 nitrogen and oxygen atoms in total. The van der Waals surface area contributed by atoms with Gasteiger partial charge in [-0.25, -0.2) is 0 Å². The molecule has 0 aliphatic rings. The van der Waals surface area contributed by atoms with Crippen molar-refractivity contribution in [3.63, 3.8) is 0 Å². The zero-order valence-corrected chi connectivity index (χ0v) is 24.8. The molecule has 41 heavy (non-hydrogen) atoms. The first-order valence-electron chi connectivity index (χ1n) is 14.6. The van der Waals surface area contributed by atoms with Crippen LogP contribution in [-0.2, 0) is 10.8 Å². The molecule has 0 saturated heterocycles. The summed E-state index contributed by atoms with van der Waals surface area (Å²) in [5.74, 6) is 0. The topological polar surface area (TPSA) is 13.1 Å². The van der Waals surface area contributed by atoms with Crippen molar-refractivity contribution in [3.05, 3.63) is 120 Å². The largest absolute Gasteiger partial charge is 0.456 e. The van der Waals surface area contributed by atoms with E-state index in [1.807, 2.05) is 6.07 Å². The average molecular weight is 533 g/mol. The van der Waals surface area contributed by atoms with Gasteiger partial charge >= 0.3 is 0 Å². The van der Waals surface area contributed by atoms with Crippen LogP contribution in [0.1, 0.15) is 52.7 Å². The van der Waals surface area contributed by atoms with Crippen LogP contribution in [0.15, 0.2) is 114 Å². The van der Waals surface area contributed by atoms with Gasteiger partial charge in [0.05, 0.1) is 0 Å². The highest BCUT2D eigenvalue weighted by molar-refractivity contribution is 6.22. The fourth-order valence-corrected chi connectivity index (χ4v) is 6.27. The van der Waals surface area contributed by atoms with Gasteiger partial charge < -0.3 is 4.42 Å². The van der Waals surface area contributed by atoms with Crippen molar-refractivity contribution in [1.29, 1.82) is 0 Å². The van der Waals surface area contributed by atoms with E-state index < -0.39 is 0 Å². The van der Waals surface area contributed by atoms with Crippen LogP contribution in [0.25, 0.3) is 65.7 Å². The Hall–Kier alpha value is -4.36. The maximum absolute atomic E-state index is 6.21. The van der Waals surface area contributed by atoms with E-state index in [0.29, 0.717) is 0 Å². The van der Waals surface area contributed by atoms with E-state index >= 15 is 0 Å². The Balaban J connectivity index is 1.67. The minimum Gasteiger partial charge on any atom is -0.456 e. The van der Waals surface area contributed by atoms with Gasteiger partial charge in [-0.2, -0.15) is 0 Å². The highest BCUT2D eigenvalue weighted by Crippen LogP contribution is 2.46. The lowest BCUT2D eigenvalue weighted by molar-refractivity contribution is 0.590. The number of hydrogen-bond acceptors (Lipinski definition) is 1. The Morgan fingerprint density at radius 2 is 0.927 bits per heavy atom. The number of hydrogen-bond donors (Lipinski definition) is 0. The smallest absolute Gasteiger partial charge is 0.135 e. The molecule has 1 heterocycles. The zero-order chi connectivity index (χ0) is 28.5. The summed E-state index contributed by atoms with van der Waals surface area (Å²) in [6.07, 6.45) is 0. The van der Waals surface area contributed by atoms with Crippen molar-refractivity contribution >= 4 is 43.5 Å². The number of rotatable bonds is 2. The second kappa shape index (κ2) is 9.08. The molecule has 0 fully saturated rings. The standard InChI is InChI=1S/C40H36O/c1-39(2,3)27-18-20-31-33(23-27)37(25-12-8-7-9-13-25)30-19-17-28(40(4,5)6)24-34(30)38(31)26-16-21-36-32(22-26)29-14-10-11-15-35(29)41-36/h7-24H,1-6H3. The highest BCUT2D eigenvalue weighted by Gasteiger charge is 2.23. The van der Waals surface area contributed by atoms with Crippen LogP contribution in [0.3, 0.4) is 0 Å². The molecule has 0 saturated carbocycles. The molecule has 0 aliphatic heterocycles. The third kappa shape index (κ3) is 4.23. The first-order valence-corrected chi connectivity index (χ1v) is 14.6. The number of para-hydroxylation sites is 1. The maximum Gasteiger partial charge on any atom is 0.135 e. The third-order valence-corrected chi connectivity index (χ3v) is 8.58. The van der Waals surface area contributed by atoms with Gasteiger partial charge in [0, 0.05) is 10.8 Å². The van der Waals surface area contributed by atoms with Crippen molar-refractivity contribution in [2.24, 2.45) is 0 Å². The minimum atomic E-state index is 0.0358. The Bertz CT molecular complexity index is 2090. The lowest BCUT2D eigenvalue weighted by Crippen LogP contribution is -2.11. The molecule has 0 bridgehead atoms. The van der Waals surface area contributed by atoms with Crippen molar-refractivity contribution < 1.29 is 4.42 Å². The van der Waals surface area contributed by atoms with Crippen molar-refractivity contribution in [1.82, 2.24) is 0 Å². The van der Waals surface area contributed by atoms with Crippen LogP contribution < -0.4 is 0 Å². The molecular formula is C40H36O. The van der Waals surface area contributed by atoms with E-state index in [9.17, 15) is 0 Å². The van der Waals surface area contributed by atoms with Gasteiger partial charge in [0.2, 0.25) is 0 Å². The molecule has 1 aromatic heterocycles. The molecule has 1 heteroatoms. The minimum absolute atomic E-state index is 0.0358. The van der Waals surface area contributed by atoms with E-state index in [1.54, 1.807) is 0 Å². The average Bonchev–Trinajstić information content (AvgIpc) is 3.32. The number of fused-ring (bicyclic) bond motifs is 5. The van der Waals surface area contributed by atoms with Crippen molar-refractivity contribution in [2.75, 3.05) is 0 Å². The summed E-state index contributed by atoms with van der Waals surface area (Å²) in [6, 6.07) is 40.2. The maximum atomic E-state index is 6.21. The predicted molar refractivity (Wildman–Crippen MR) is 177 cm³/mol. The highest BCUT2D eigenvalue weighted by atomic mass is 16.3. The summed E-state index contributed by atoms with van der Waals surface area (Å²) in [7, 11) is 0. The zero-order valence-electron chi connectivity index (χ0n) is 24.8. The fraction of sp³-hybridized carbons (Fsp3) is 0.200. The number of furan rings is 1. The molecule has 0 N–H and O–H groups in total. The second-order valence-electron chi connectivity index (χ2n) is 13.4. The molecule has 0 aliphatic carbocycles. The summed E-state index contributed by atoms with van der Waals surface area (Å²) in [5, 5.41) is 7.47. The van der Waals surface area contributed by atoms with Gasteiger partial charge in [-0.3, -0.25) is 0 Å². The van der Waals surface area contributed by atoms with E-state index in [-0.39, 0.29) is 10.8 Å². The lowest BCUT2D eigenvalue weighted by atomic mass is 9.79. The molecule has 0 atom stereocenters. The third-order valence-electron chi connectivity index (χ3n) is 8.58. The van der Waals surface area contributed by atoms with Crippen LogP contribution in [-0.4, -0.2) is 0 Å². The second-order valence-corrected chi connectivity index (χ2v) is 13.4. The summed E-state index contributed by atoms with van der Waals surface area (Å²) in [5.41, 5.74) is 9.67. The molecule has 0 unspecified atom stereocenters. The first kappa shape index (κ1) is 25.6. The lowest BCUT2D eigenvalue weighted by Gasteiger charge is -2.25. The SMILES string of the molecule is CC(C)(C)c1ccc2c(-c3ccc4oc5ccccc5c4c3)c3cc(C(C)(C)C)ccc3c(-c3ccccc3)c2c1. The molecule has 7 rings (SSSR count). The van der Waals surface area contributed by atoms with Gasteiger partial charge in [0.15, 0.2) is 0 Å². The van der Waals surface area contributed by atoms with E-state index in [1.165, 1.54) is 54.9 Å². The van der Waals surface area contributed by atoms with E-state index in [0.717, 1.165) is 21.9 Å². The fourth-order valence-electron chi connectivity index (χ4n) is 6.27. The van der Waals surface area contributed by atoms with Crippen molar-refractivity contribution in [2.45, 2.75) is 52.4 Å². The summed E-state index contributed by atoms with van der Waals surface area (Å²) in [4.78, 5) is 0. The van der Waals surface area contributed by atoms with Gasteiger partial charge in [-0.05, 0) is 96.1 Å². The van der Waals surface area contributed by atoms with Crippen LogP contribution in [0.2, 0.25) is 0 Å². The normalized spacial score (nSPS) is 12.6. The summed E-state index contributed by atoms with van der Waals surface area (Å²) < 4.78 is 6.21. The van der Waals surface area contributed by atoms with Crippen LogP contribution in [0.5, 0.6) is 0 Å². The van der Waals surface area contributed by atoms with Crippen molar-refractivity contribution in [3.8, 4) is 22.3 Å². The Morgan fingerprint density at radius 3 is 1.54 bits per heavy atom. The Morgan fingerprint density at radius 1 is 0.390 bits per heavy atom. The van der Waals surface area contributed by atoms with Crippen LogP contribution in [0, 0.1) is 0 Å². The van der Waals surface area contributed by atoms with Gasteiger partial charge in [-0.15, -0.1) is 0 Å². The Kier molecular flexibility index (Phi) is 5.67. The van der Waals surface area contributed by atoms with Gasteiger partial charge in [0.25, 0.3) is 0 Å². The summed E-state index contributed by atoms with van der Waals surface area (Å²) in [6.45, 7) is 13.8.